The van der Waals surface area contributed by atoms with Gasteiger partial charge in [0.2, 0.25) is 0 Å². The fourth-order valence-corrected chi connectivity index (χ4v) is 2.07. The Hall–Kier alpha value is -3.37. The van der Waals surface area contributed by atoms with Crippen molar-refractivity contribution in [3.63, 3.8) is 0 Å². The number of furan rings is 1. The molecule has 0 aliphatic rings. The average molecular weight is 386 g/mol. The van der Waals surface area contributed by atoms with Crippen LogP contribution >= 0.6 is 0 Å². The number of rotatable bonds is 7. The van der Waals surface area contributed by atoms with Crippen LogP contribution in [0.4, 0.5) is 24.5 Å². The molecule has 11 heteroatoms. The molecular weight excluding hydrogens is 373 g/mol. The zero-order chi connectivity index (χ0) is 20.0. The Morgan fingerprint density at radius 2 is 2.00 bits per heavy atom. The first-order valence-electron chi connectivity index (χ1n) is 7.50. The van der Waals surface area contributed by atoms with Gasteiger partial charge in [0.05, 0.1) is 28.9 Å². The molecule has 0 bridgehead atoms. The van der Waals surface area contributed by atoms with E-state index in [0.717, 1.165) is 12.1 Å². The second kappa shape index (κ2) is 8.34. The lowest BCUT2D eigenvalue weighted by atomic mass is 10.1. The summed E-state index contributed by atoms with van der Waals surface area (Å²) in [6.45, 7) is -0.800. The van der Waals surface area contributed by atoms with Crippen molar-refractivity contribution in [1.29, 1.82) is 0 Å². The number of amides is 1. The molecular formula is C16H13F3N2O6. The smallest absolute Gasteiger partial charge is 0.418 e. The number of halogens is 3. The van der Waals surface area contributed by atoms with Crippen LogP contribution in [-0.2, 0) is 26.9 Å². The van der Waals surface area contributed by atoms with Crippen LogP contribution in [0, 0.1) is 10.1 Å². The average Bonchev–Trinajstić information content (AvgIpc) is 3.11. The Morgan fingerprint density at radius 3 is 2.59 bits per heavy atom. The maximum absolute atomic E-state index is 13.0. The number of hydrogen-bond donors (Lipinski definition) is 1. The van der Waals surface area contributed by atoms with Gasteiger partial charge >= 0.3 is 12.1 Å². The first-order valence-corrected chi connectivity index (χ1v) is 7.50. The van der Waals surface area contributed by atoms with Gasteiger partial charge in [0, 0.05) is 18.6 Å². The lowest BCUT2D eigenvalue weighted by molar-refractivity contribution is -0.385. The maximum Gasteiger partial charge on any atom is 0.418 e. The fraction of sp³-hybridized carbons (Fsp3) is 0.250. The van der Waals surface area contributed by atoms with E-state index in [2.05, 4.69) is 4.74 Å². The van der Waals surface area contributed by atoms with Crippen LogP contribution < -0.4 is 5.32 Å². The van der Waals surface area contributed by atoms with Crippen molar-refractivity contribution >= 4 is 23.3 Å². The molecule has 1 N–H and O–H groups in total. The fourth-order valence-electron chi connectivity index (χ4n) is 2.07. The molecule has 27 heavy (non-hydrogen) atoms. The number of hydrogen-bond acceptors (Lipinski definition) is 6. The van der Waals surface area contributed by atoms with E-state index in [0.29, 0.717) is 11.8 Å². The number of nitrogens with one attached hydrogen (secondary N) is 1. The Morgan fingerprint density at radius 1 is 1.26 bits per heavy atom. The van der Waals surface area contributed by atoms with E-state index < -0.39 is 46.5 Å². The molecule has 0 unspecified atom stereocenters. The van der Waals surface area contributed by atoms with Crippen LogP contribution in [0.15, 0.2) is 41.0 Å². The summed E-state index contributed by atoms with van der Waals surface area (Å²) in [5, 5.41) is 12.6. The van der Waals surface area contributed by atoms with Gasteiger partial charge in [0.1, 0.15) is 5.76 Å². The van der Waals surface area contributed by atoms with E-state index in [9.17, 15) is 32.9 Å². The Balaban J connectivity index is 1.94. The quantitative estimate of drug-likeness (QED) is 0.444. The minimum Gasteiger partial charge on any atom is -0.469 e. The van der Waals surface area contributed by atoms with E-state index in [1.807, 2.05) is 5.32 Å². The maximum atomic E-state index is 13.0. The second-order valence-corrected chi connectivity index (χ2v) is 5.27. The molecule has 0 saturated carbocycles. The predicted molar refractivity (Wildman–Crippen MR) is 84.7 cm³/mol. The van der Waals surface area contributed by atoms with Crippen LogP contribution in [0.5, 0.6) is 0 Å². The van der Waals surface area contributed by atoms with Gasteiger partial charge in [-0.05, 0) is 18.2 Å². The van der Waals surface area contributed by atoms with Gasteiger partial charge in [0.15, 0.2) is 6.61 Å². The molecule has 0 saturated heterocycles. The number of anilines is 1. The summed E-state index contributed by atoms with van der Waals surface area (Å²) in [4.78, 5) is 32.9. The van der Waals surface area contributed by atoms with Crippen LogP contribution in [0.3, 0.4) is 0 Å². The van der Waals surface area contributed by atoms with Crippen molar-refractivity contribution in [2.45, 2.75) is 19.0 Å². The minimum atomic E-state index is -4.92. The Kier molecular flexibility index (Phi) is 6.16. The monoisotopic (exact) mass is 386 g/mol. The molecule has 1 aromatic carbocycles. The number of benzene rings is 1. The number of nitro groups is 1. The number of carbonyl (C=O) groups is 2. The molecule has 0 aliphatic heterocycles. The molecule has 0 atom stereocenters. The Labute approximate surface area is 150 Å². The van der Waals surface area contributed by atoms with E-state index >= 15 is 0 Å². The van der Waals surface area contributed by atoms with E-state index in [1.54, 1.807) is 12.1 Å². The van der Waals surface area contributed by atoms with E-state index in [1.165, 1.54) is 6.26 Å². The van der Waals surface area contributed by atoms with Crippen molar-refractivity contribution in [1.82, 2.24) is 0 Å². The van der Waals surface area contributed by atoms with Gasteiger partial charge in [-0.15, -0.1) is 0 Å². The van der Waals surface area contributed by atoms with Gasteiger partial charge in [-0.2, -0.15) is 13.2 Å². The SMILES string of the molecule is O=C(COC(=O)CCc1ccco1)Nc1ccc([N+](=O)[O-])cc1C(F)(F)F. The Bertz CT molecular complexity index is 833. The van der Waals surface area contributed by atoms with Crippen molar-refractivity contribution in [3.05, 3.63) is 58.0 Å². The molecule has 144 valence electrons. The number of ether oxygens (including phenoxy) is 1. The minimum absolute atomic E-state index is 0.0773. The number of alkyl halides is 3. The van der Waals surface area contributed by atoms with Crippen molar-refractivity contribution in [3.8, 4) is 0 Å². The standard InChI is InChI=1S/C16H13F3N2O6/c17-16(18,19)12-8-10(21(24)25)3-5-13(12)20-14(22)9-27-15(23)6-4-11-2-1-7-26-11/h1-3,5,7-8H,4,6,9H2,(H,20,22). The summed E-state index contributed by atoms with van der Waals surface area (Å²) in [6, 6.07) is 5.17. The zero-order valence-electron chi connectivity index (χ0n) is 13.6. The van der Waals surface area contributed by atoms with Gasteiger partial charge in [-0.25, -0.2) is 0 Å². The highest BCUT2D eigenvalue weighted by atomic mass is 19.4. The predicted octanol–water partition coefficient (Wildman–Crippen LogP) is 3.32. The largest absolute Gasteiger partial charge is 0.469 e. The summed E-state index contributed by atoms with van der Waals surface area (Å²) in [7, 11) is 0. The lowest BCUT2D eigenvalue weighted by Gasteiger charge is -2.13. The van der Waals surface area contributed by atoms with Crippen LogP contribution in [0.1, 0.15) is 17.7 Å². The first-order chi connectivity index (χ1) is 12.7. The highest BCUT2D eigenvalue weighted by Crippen LogP contribution is 2.37. The molecule has 2 rings (SSSR count). The van der Waals surface area contributed by atoms with Crippen LogP contribution in [-0.4, -0.2) is 23.4 Å². The highest BCUT2D eigenvalue weighted by molar-refractivity contribution is 5.93. The summed E-state index contributed by atoms with van der Waals surface area (Å²) >= 11 is 0. The summed E-state index contributed by atoms with van der Waals surface area (Å²) in [5.74, 6) is -1.21. The molecule has 0 radical (unpaired) electrons. The number of esters is 1. The topological polar surface area (TPSA) is 112 Å². The van der Waals surface area contributed by atoms with Crippen molar-refractivity contribution in [2.75, 3.05) is 11.9 Å². The summed E-state index contributed by atoms with van der Waals surface area (Å²) in [6.07, 6.45) is -3.33. The van der Waals surface area contributed by atoms with E-state index in [-0.39, 0.29) is 12.8 Å². The lowest BCUT2D eigenvalue weighted by Crippen LogP contribution is -2.23. The third-order valence-electron chi connectivity index (χ3n) is 3.31. The number of nitro benzene ring substituents is 1. The normalized spacial score (nSPS) is 11.1. The number of nitrogens with zero attached hydrogens (tertiary/aromatic N) is 1. The van der Waals surface area contributed by atoms with Crippen LogP contribution in [0.25, 0.3) is 0 Å². The van der Waals surface area contributed by atoms with Gasteiger partial charge in [-0.1, -0.05) is 0 Å². The zero-order valence-corrected chi connectivity index (χ0v) is 13.6. The molecule has 8 nitrogen and oxygen atoms in total. The molecule has 0 fully saturated rings. The molecule has 1 heterocycles. The summed E-state index contributed by atoms with van der Waals surface area (Å²) in [5.41, 5.74) is -2.83. The molecule has 1 aromatic heterocycles. The number of carbonyl (C=O) groups excluding carboxylic acids is 2. The third kappa shape index (κ3) is 5.83. The van der Waals surface area contributed by atoms with Gasteiger partial charge < -0.3 is 14.5 Å². The molecule has 2 aromatic rings. The molecule has 1 amide bonds. The van der Waals surface area contributed by atoms with Crippen molar-refractivity contribution < 1.29 is 36.8 Å². The van der Waals surface area contributed by atoms with Gasteiger partial charge in [0.25, 0.3) is 11.6 Å². The number of non-ortho nitro benzene ring substituents is 1. The summed E-state index contributed by atoms with van der Waals surface area (Å²) < 4.78 is 48.8. The van der Waals surface area contributed by atoms with E-state index in [4.69, 9.17) is 4.42 Å². The second-order valence-electron chi connectivity index (χ2n) is 5.27. The molecule has 0 aliphatic carbocycles. The van der Waals surface area contributed by atoms with Crippen LogP contribution in [0.2, 0.25) is 0 Å². The third-order valence-corrected chi connectivity index (χ3v) is 3.31. The highest BCUT2D eigenvalue weighted by Gasteiger charge is 2.35. The first kappa shape index (κ1) is 19.9. The van der Waals surface area contributed by atoms with Gasteiger partial charge in [-0.3, -0.25) is 19.7 Å². The molecule has 0 spiro atoms. The number of aryl methyl sites for hydroxylation is 1. The van der Waals surface area contributed by atoms with Crippen molar-refractivity contribution in [2.24, 2.45) is 0 Å².